The van der Waals surface area contributed by atoms with Crippen LogP contribution in [0.25, 0.3) is 11.1 Å². The zero-order chi connectivity index (χ0) is 18.7. The van der Waals surface area contributed by atoms with Crippen LogP contribution in [0.3, 0.4) is 0 Å². The monoisotopic (exact) mass is 368 g/mol. The van der Waals surface area contributed by atoms with E-state index in [1.165, 1.54) is 4.68 Å². The minimum absolute atomic E-state index is 0.0153. The van der Waals surface area contributed by atoms with E-state index in [1.54, 1.807) is 12.1 Å². The van der Waals surface area contributed by atoms with Crippen LogP contribution in [0.4, 0.5) is 0 Å². The van der Waals surface area contributed by atoms with Gasteiger partial charge in [-0.3, -0.25) is 4.79 Å². The molecule has 5 heteroatoms. The Morgan fingerprint density at radius 1 is 1.12 bits per heavy atom. The molecule has 0 amide bonds. The van der Waals surface area contributed by atoms with Gasteiger partial charge in [-0.25, -0.2) is 4.68 Å². The molecule has 0 bridgehead atoms. The van der Waals surface area contributed by atoms with Crippen LogP contribution in [-0.4, -0.2) is 14.9 Å². The van der Waals surface area contributed by atoms with E-state index in [9.17, 15) is 9.90 Å². The van der Waals surface area contributed by atoms with Crippen LogP contribution in [0.15, 0.2) is 53.3 Å². The molecule has 1 N–H and O–H groups in total. The molecule has 134 valence electrons. The Labute approximate surface area is 157 Å². The van der Waals surface area contributed by atoms with Crippen molar-refractivity contribution in [2.24, 2.45) is 0 Å². The second-order valence-corrected chi connectivity index (χ2v) is 6.76. The fourth-order valence-corrected chi connectivity index (χ4v) is 3.11. The summed E-state index contributed by atoms with van der Waals surface area (Å²) in [6, 6.07) is 14.9. The zero-order valence-corrected chi connectivity index (χ0v) is 15.6. The Hall–Kier alpha value is -2.59. The molecule has 0 atom stereocenters. The van der Waals surface area contributed by atoms with Gasteiger partial charge in [-0.1, -0.05) is 61.3 Å². The number of benzene rings is 2. The highest BCUT2D eigenvalue weighted by molar-refractivity contribution is 6.30. The molecule has 2 aromatic carbocycles. The van der Waals surface area contributed by atoms with Crippen LogP contribution in [0.2, 0.25) is 5.02 Å². The fourth-order valence-electron chi connectivity index (χ4n) is 2.98. The average Bonchev–Trinajstić information content (AvgIpc) is 2.63. The summed E-state index contributed by atoms with van der Waals surface area (Å²) in [4.78, 5) is 13.1. The lowest BCUT2D eigenvalue weighted by Crippen LogP contribution is -2.26. The number of rotatable bonds is 5. The van der Waals surface area contributed by atoms with Crippen molar-refractivity contribution in [2.75, 3.05) is 0 Å². The van der Waals surface area contributed by atoms with Crippen LogP contribution in [-0.2, 0) is 13.0 Å². The molecule has 3 aromatic rings. The lowest BCUT2D eigenvalue weighted by molar-refractivity contribution is 0.452. The molecule has 3 rings (SSSR count). The lowest BCUT2D eigenvalue weighted by atomic mass is 10.00. The molecular formula is C21H21ClN2O2. The number of nitrogens with zero attached hydrogens (tertiary/aromatic N) is 2. The summed E-state index contributed by atoms with van der Waals surface area (Å²) >= 11 is 5.94. The third-order valence-electron chi connectivity index (χ3n) is 4.35. The molecule has 0 aliphatic heterocycles. The molecule has 0 saturated carbocycles. The van der Waals surface area contributed by atoms with Crippen LogP contribution in [0, 0.1) is 6.92 Å². The summed E-state index contributed by atoms with van der Waals surface area (Å²) < 4.78 is 1.43. The first-order valence-corrected chi connectivity index (χ1v) is 9.02. The van der Waals surface area contributed by atoms with Gasteiger partial charge < -0.3 is 5.11 Å². The summed E-state index contributed by atoms with van der Waals surface area (Å²) in [5.41, 5.74) is 3.15. The van der Waals surface area contributed by atoms with Crippen molar-refractivity contribution in [1.29, 1.82) is 0 Å². The smallest absolute Gasteiger partial charge is 0.278 e. The molecule has 0 unspecified atom stereocenters. The number of halogens is 1. The normalized spacial score (nSPS) is 10.9. The quantitative estimate of drug-likeness (QED) is 0.717. The first-order chi connectivity index (χ1) is 12.5. The number of aromatic hydroxyl groups is 1. The van der Waals surface area contributed by atoms with Crippen LogP contribution in [0.5, 0.6) is 5.75 Å². The summed E-state index contributed by atoms with van der Waals surface area (Å²) in [5.74, 6) is -0.0153. The van der Waals surface area contributed by atoms with Crippen molar-refractivity contribution < 1.29 is 5.11 Å². The average molecular weight is 369 g/mol. The minimum Gasteiger partial charge on any atom is -0.505 e. The summed E-state index contributed by atoms with van der Waals surface area (Å²) in [6.07, 6.45) is 1.43. The van der Waals surface area contributed by atoms with E-state index in [-0.39, 0.29) is 11.3 Å². The van der Waals surface area contributed by atoms with Gasteiger partial charge in [0, 0.05) is 5.02 Å². The van der Waals surface area contributed by atoms with Crippen molar-refractivity contribution in [1.82, 2.24) is 9.78 Å². The number of aryl methyl sites for hydroxylation is 2. The van der Waals surface area contributed by atoms with Gasteiger partial charge in [0.25, 0.3) is 5.56 Å². The fraction of sp³-hybridized carbons (Fsp3) is 0.238. The standard InChI is InChI=1S/C21H21ClN2O2/c1-3-6-18-20(25)19(17-8-5-4-7-14(17)2)21(26)24(23-18)13-15-9-11-16(22)12-10-15/h4-5,7-12,25H,3,6,13H2,1-2H3. The lowest BCUT2D eigenvalue weighted by Gasteiger charge is -2.14. The van der Waals surface area contributed by atoms with Gasteiger partial charge in [-0.15, -0.1) is 0 Å². The second kappa shape index (κ2) is 7.75. The predicted molar refractivity (Wildman–Crippen MR) is 105 cm³/mol. The number of hydrogen-bond donors (Lipinski definition) is 1. The van der Waals surface area contributed by atoms with E-state index in [0.29, 0.717) is 29.2 Å². The molecule has 0 aliphatic rings. The third-order valence-corrected chi connectivity index (χ3v) is 4.60. The van der Waals surface area contributed by atoms with E-state index in [1.807, 2.05) is 50.2 Å². The van der Waals surface area contributed by atoms with Crippen LogP contribution < -0.4 is 5.56 Å². The second-order valence-electron chi connectivity index (χ2n) is 6.32. The summed E-state index contributed by atoms with van der Waals surface area (Å²) in [7, 11) is 0. The van der Waals surface area contributed by atoms with Crippen molar-refractivity contribution in [3.8, 4) is 16.9 Å². The highest BCUT2D eigenvalue weighted by atomic mass is 35.5. The number of aromatic nitrogens is 2. The molecule has 1 heterocycles. The van der Waals surface area contributed by atoms with Crippen LogP contribution in [0.1, 0.15) is 30.2 Å². The molecule has 4 nitrogen and oxygen atoms in total. The predicted octanol–water partition coefficient (Wildman–Crippen LogP) is 4.58. The van der Waals surface area contributed by atoms with E-state index in [0.717, 1.165) is 23.1 Å². The Balaban J connectivity index is 2.17. The first kappa shape index (κ1) is 18.2. The van der Waals surface area contributed by atoms with Gasteiger partial charge in [0.05, 0.1) is 12.1 Å². The molecule has 1 aromatic heterocycles. The highest BCUT2D eigenvalue weighted by Gasteiger charge is 2.19. The molecule has 0 fully saturated rings. The van der Waals surface area contributed by atoms with Crippen LogP contribution >= 0.6 is 11.6 Å². The van der Waals surface area contributed by atoms with Crippen molar-refractivity contribution in [3.63, 3.8) is 0 Å². The Kier molecular flexibility index (Phi) is 5.43. The Morgan fingerprint density at radius 3 is 2.46 bits per heavy atom. The first-order valence-electron chi connectivity index (χ1n) is 8.64. The molecule has 0 saturated heterocycles. The van der Waals surface area contributed by atoms with E-state index < -0.39 is 0 Å². The minimum atomic E-state index is -0.299. The van der Waals surface area contributed by atoms with Gasteiger partial charge >= 0.3 is 0 Å². The van der Waals surface area contributed by atoms with Crippen molar-refractivity contribution >= 4 is 11.6 Å². The number of hydrogen-bond acceptors (Lipinski definition) is 3. The molecule has 26 heavy (non-hydrogen) atoms. The van der Waals surface area contributed by atoms with Crippen molar-refractivity contribution in [2.45, 2.75) is 33.2 Å². The van der Waals surface area contributed by atoms with Gasteiger partial charge in [0.2, 0.25) is 0 Å². The Bertz CT molecular complexity index is 978. The van der Waals surface area contributed by atoms with E-state index >= 15 is 0 Å². The summed E-state index contributed by atoms with van der Waals surface area (Å²) in [5, 5.41) is 15.8. The SMILES string of the molecule is CCCc1nn(Cc2ccc(Cl)cc2)c(=O)c(-c2ccccc2C)c1O. The molecule has 0 spiro atoms. The van der Waals surface area contributed by atoms with Gasteiger partial charge in [0.15, 0.2) is 5.75 Å². The largest absolute Gasteiger partial charge is 0.505 e. The van der Waals surface area contributed by atoms with E-state index in [4.69, 9.17) is 11.6 Å². The van der Waals surface area contributed by atoms with E-state index in [2.05, 4.69) is 5.10 Å². The maximum Gasteiger partial charge on any atom is 0.278 e. The van der Waals surface area contributed by atoms with Crippen molar-refractivity contribution in [3.05, 3.63) is 80.7 Å². The molecular weight excluding hydrogens is 348 g/mol. The maximum atomic E-state index is 13.1. The highest BCUT2D eigenvalue weighted by Crippen LogP contribution is 2.30. The zero-order valence-electron chi connectivity index (χ0n) is 14.9. The van der Waals surface area contributed by atoms with Gasteiger partial charge in [-0.2, -0.15) is 5.10 Å². The topological polar surface area (TPSA) is 55.1 Å². The van der Waals surface area contributed by atoms with Gasteiger partial charge in [-0.05, 0) is 42.2 Å². The summed E-state index contributed by atoms with van der Waals surface area (Å²) in [6.45, 7) is 4.27. The Morgan fingerprint density at radius 2 is 1.81 bits per heavy atom. The van der Waals surface area contributed by atoms with Gasteiger partial charge in [0.1, 0.15) is 5.69 Å². The maximum absolute atomic E-state index is 13.1. The molecule has 0 aliphatic carbocycles. The third kappa shape index (κ3) is 3.65. The molecule has 0 radical (unpaired) electrons.